The molecule has 0 aliphatic carbocycles. The van der Waals surface area contributed by atoms with Crippen molar-refractivity contribution in [3.05, 3.63) is 57.8 Å². The summed E-state index contributed by atoms with van der Waals surface area (Å²) in [4.78, 5) is 14.2. The molecule has 1 atom stereocenters. The first-order chi connectivity index (χ1) is 11.2. The van der Waals surface area contributed by atoms with Gasteiger partial charge >= 0.3 is 0 Å². The Kier molecular flexibility index (Phi) is 5.80. The molecule has 128 valence electrons. The van der Waals surface area contributed by atoms with Gasteiger partial charge in [0.1, 0.15) is 0 Å². The quantitative estimate of drug-likeness (QED) is 0.772. The van der Waals surface area contributed by atoms with E-state index in [0.29, 0.717) is 5.69 Å². The summed E-state index contributed by atoms with van der Waals surface area (Å²) >= 11 is 1.62. The molecule has 1 aromatic carbocycles. The molecular formula is C17H20N2O3S2. The highest BCUT2D eigenvalue weighted by Crippen LogP contribution is 2.19. The fourth-order valence-electron chi connectivity index (χ4n) is 2.13. The summed E-state index contributed by atoms with van der Waals surface area (Å²) in [5.74, 6) is -0.199. The van der Waals surface area contributed by atoms with Crippen LogP contribution in [0.2, 0.25) is 0 Å². The van der Waals surface area contributed by atoms with Gasteiger partial charge in [0.15, 0.2) is 0 Å². The number of nitrogens with one attached hydrogen (secondary N) is 2. The van der Waals surface area contributed by atoms with Gasteiger partial charge in [-0.05, 0) is 49.8 Å². The lowest BCUT2D eigenvalue weighted by atomic mass is 10.1. The number of amides is 1. The molecule has 7 heteroatoms. The first-order valence-electron chi connectivity index (χ1n) is 7.36. The van der Waals surface area contributed by atoms with Crippen LogP contribution in [0.1, 0.15) is 28.3 Å². The topological polar surface area (TPSA) is 75.3 Å². The van der Waals surface area contributed by atoms with Crippen LogP contribution in [0.5, 0.6) is 0 Å². The summed E-state index contributed by atoms with van der Waals surface area (Å²) < 4.78 is 25.0. The third-order valence-electron chi connectivity index (χ3n) is 3.21. The monoisotopic (exact) mass is 364 g/mol. The first kappa shape index (κ1) is 18.2. The van der Waals surface area contributed by atoms with Gasteiger partial charge in [0, 0.05) is 21.5 Å². The summed E-state index contributed by atoms with van der Waals surface area (Å²) in [7, 11) is -3.33. The zero-order valence-electron chi connectivity index (χ0n) is 13.7. The van der Waals surface area contributed by atoms with E-state index in [-0.39, 0.29) is 11.9 Å². The molecule has 0 bridgehead atoms. The molecule has 1 aromatic heterocycles. The average Bonchev–Trinajstić information content (AvgIpc) is 2.89. The van der Waals surface area contributed by atoms with Gasteiger partial charge in [-0.15, -0.1) is 11.3 Å². The molecule has 5 nitrogen and oxygen atoms in total. The Morgan fingerprint density at radius 2 is 2.00 bits per heavy atom. The van der Waals surface area contributed by atoms with Crippen molar-refractivity contribution in [2.45, 2.75) is 19.9 Å². The van der Waals surface area contributed by atoms with E-state index in [4.69, 9.17) is 0 Å². The van der Waals surface area contributed by atoms with Gasteiger partial charge in [0.25, 0.3) is 0 Å². The number of carbonyl (C=O) groups excluding carboxylic acids is 1. The van der Waals surface area contributed by atoms with Crippen LogP contribution in [0.15, 0.2) is 42.5 Å². The fourth-order valence-corrected chi connectivity index (χ4v) is 3.47. The summed E-state index contributed by atoms with van der Waals surface area (Å²) in [6, 6.07) is 10.7. The molecule has 0 saturated carbocycles. The number of sulfonamides is 1. The SMILES string of the molecule is Cc1ccc(/C=C\C(=O)N[C@H](C)c2cccc(NS(C)(=O)=O)c2)s1. The molecule has 2 rings (SSSR count). The molecule has 0 aliphatic rings. The molecule has 24 heavy (non-hydrogen) atoms. The molecule has 0 radical (unpaired) electrons. The van der Waals surface area contributed by atoms with Gasteiger partial charge in [-0.2, -0.15) is 0 Å². The minimum absolute atomic E-state index is 0.199. The average molecular weight is 364 g/mol. The van der Waals surface area contributed by atoms with Crippen LogP contribution in [-0.4, -0.2) is 20.6 Å². The smallest absolute Gasteiger partial charge is 0.244 e. The number of rotatable bonds is 6. The highest BCUT2D eigenvalue weighted by Gasteiger charge is 2.09. The summed E-state index contributed by atoms with van der Waals surface area (Å²) in [5.41, 5.74) is 1.29. The molecule has 0 spiro atoms. The Balaban J connectivity index is 2.01. The summed E-state index contributed by atoms with van der Waals surface area (Å²) in [6.45, 7) is 3.86. The number of benzene rings is 1. The molecule has 1 amide bonds. The number of carbonyl (C=O) groups is 1. The van der Waals surface area contributed by atoms with Gasteiger partial charge in [0.2, 0.25) is 15.9 Å². The first-order valence-corrected chi connectivity index (χ1v) is 10.1. The van der Waals surface area contributed by atoms with E-state index < -0.39 is 10.0 Å². The zero-order valence-corrected chi connectivity index (χ0v) is 15.4. The predicted molar refractivity (Wildman–Crippen MR) is 99.6 cm³/mol. The van der Waals surface area contributed by atoms with E-state index in [1.807, 2.05) is 32.0 Å². The highest BCUT2D eigenvalue weighted by molar-refractivity contribution is 7.92. The Hall–Kier alpha value is -2.12. The molecule has 0 saturated heterocycles. The van der Waals surface area contributed by atoms with Gasteiger partial charge in [-0.3, -0.25) is 9.52 Å². The molecular weight excluding hydrogens is 344 g/mol. The van der Waals surface area contributed by atoms with E-state index in [2.05, 4.69) is 10.0 Å². The number of hydrogen-bond acceptors (Lipinski definition) is 4. The molecule has 2 N–H and O–H groups in total. The van der Waals surface area contributed by atoms with Crippen molar-refractivity contribution in [3.8, 4) is 0 Å². The molecule has 1 heterocycles. The lowest BCUT2D eigenvalue weighted by molar-refractivity contribution is -0.117. The van der Waals surface area contributed by atoms with Crippen LogP contribution in [0.4, 0.5) is 5.69 Å². The predicted octanol–water partition coefficient (Wildman–Crippen LogP) is 3.32. The van der Waals surface area contributed by atoms with E-state index in [1.54, 1.807) is 35.6 Å². The number of anilines is 1. The fraction of sp³-hybridized carbons (Fsp3) is 0.235. The minimum Gasteiger partial charge on any atom is -0.346 e. The molecule has 2 aromatic rings. The van der Waals surface area contributed by atoms with E-state index >= 15 is 0 Å². The van der Waals surface area contributed by atoms with Crippen LogP contribution in [0.25, 0.3) is 6.08 Å². The molecule has 0 unspecified atom stereocenters. The second-order valence-corrected chi connectivity index (χ2v) is 8.58. The Labute approximate surface area is 146 Å². The van der Waals surface area contributed by atoms with Crippen molar-refractivity contribution >= 4 is 39.0 Å². The number of hydrogen-bond donors (Lipinski definition) is 2. The Morgan fingerprint density at radius 1 is 1.25 bits per heavy atom. The van der Waals surface area contributed by atoms with Crippen molar-refractivity contribution in [1.82, 2.24) is 5.32 Å². The lowest BCUT2D eigenvalue weighted by Gasteiger charge is -2.14. The van der Waals surface area contributed by atoms with Crippen molar-refractivity contribution in [2.75, 3.05) is 11.0 Å². The zero-order chi connectivity index (χ0) is 17.7. The van der Waals surface area contributed by atoms with Crippen LogP contribution in [0.3, 0.4) is 0 Å². The third kappa shape index (κ3) is 5.82. The lowest BCUT2D eigenvalue weighted by Crippen LogP contribution is -2.24. The third-order valence-corrected chi connectivity index (χ3v) is 4.78. The minimum atomic E-state index is -3.33. The van der Waals surface area contributed by atoms with Crippen molar-refractivity contribution in [1.29, 1.82) is 0 Å². The Bertz CT molecular complexity index is 854. The molecule has 0 aliphatic heterocycles. The normalized spacial score (nSPS) is 13.0. The second kappa shape index (κ2) is 7.63. The maximum atomic E-state index is 12.0. The Morgan fingerprint density at radius 3 is 2.62 bits per heavy atom. The van der Waals surface area contributed by atoms with Gasteiger partial charge in [-0.25, -0.2) is 8.42 Å². The van der Waals surface area contributed by atoms with Crippen LogP contribution < -0.4 is 10.0 Å². The van der Waals surface area contributed by atoms with Crippen molar-refractivity contribution < 1.29 is 13.2 Å². The number of thiophene rings is 1. The van der Waals surface area contributed by atoms with Gasteiger partial charge < -0.3 is 5.32 Å². The van der Waals surface area contributed by atoms with E-state index in [1.165, 1.54) is 11.0 Å². The number of aryl methyl sites for hydroxylation is 1. The van der Waals surface area contributed by atoms with E-state index in [0.717, 1.165) is 16.7 Å². The van der Waals surface area contributed by atoms with Crippen LogP contribution in [-0.2, 0) is 14.8 Å². The maximum Gasteiger partial charge on any atom is 0.244 e. The van der Waals surface area contributed by atoms with E-state index in [9.17, 15) is 13.2 Å². The second-order valence-electron chi connectivity index (χ2n) is 5.51. The van der Waals surface area contributed by atoms with Crippen molar-refractivity contribution in [2.24, 2.45) is 0 Å². The maximum absolute atomic E-state index is 12.0. The van der Waals surface area contributed by atoms with Gasteiger partial charge in [0.05, 0.1) is 12.3 Å². The summed E-state index contributed by atoms with van der Waals surface area (Å²) in [5, 5.41) is 2.86. The van der Waals surface area contributed by atoms with Gasteiger partial charge in [-0.1, -0.05) is 12.1 Å². The summed E-state index contributed by atoms with van der Waals surface area (Å²) in [6.07, 6.45) is 4.38. The largest absolute Gasteiger partial charge is 0.346 e. The highest BCUT2D eigenvalue weighted by atomic mass is 32.2. The van der Waals surface area contributed by atoms with Crippen LogP contribution in [0, 0.1) is 6.92 Å². The molecule has 0 fully saturated rings. The van der Waals surface area contributed by atoms with Crippen molar-refractivity contribution in [3.63, 3.8) is 0 Å². The standard InChI is InChI=1S/C17H20N2O3S2/c1-12-7-8-16(23-12)9-10-17(20)18-13(2)14-5-4-6-15(11-14)19-24(3,21)22/h4-11,13,19H,1-3H3,(H,18,20)/b10-9-/t13-/m1/s1. The van der Waals surface area contributed by atoms with Crippen LogP contribution >= 0.6 is 11.3 Å².